The zero-order valence-electron chi connectivity index (χ0n) is 8.88. The van der Waals surface area contributed by atoms with Gasteiger partial charge in [-0.15, -0.1) is 0 Å². The fourth-order valence-corrected chi connectivity index (χ4v) is 1.99. The third-order valence-corrected chi connectivity index (χ3v) is 2.92. The maximum Gasteiger partial charge on any atom is 0.161 e. The summed E-state index contributed by atoms with van der Waals surface area (Å²) in [5.74, 6) is 0.655. The third kappa shape index (κ3) is 2.44. The SMILES string of the molecule is COc1cc(/C=C/c2ccsc2)ccc1O. The number of thiophene rings is 1. The summed E-state index contributed by atoms with van der Waals surface area (Å²) < 4.78 is 5.04. The monoisotopic (exact) mass is 232 g/mol. The van der Waals surface area contributed by atoms with E-state index >= 15 is 0 Å². The number of hydrogen-bond acceptors (Lipinski definition) is 3. The molecule has 0 saturated carbocycles. The van der Waals surface area contributed by atoms with E-state index in [4.69, 9.17) is 4.74 Å². The maximum absolute atomic E-state index is 9.44. The summed E-state index contributed by atoms with van der Waals surface area (Å²) in [6.07, 6.45) is 4.02. The van der Waals surface area contributed by atoms with Crippen molar-refractivity contribution in [2.45, 2.75) is 0 Å². The van der Waals surface area contributed by atoms with E-state index in [-0.39, 0.29) is 5.75 Å². The summed E-state index contributed by atoms with van der Waals surface area (Å²) in [4.78, 5) is 0. The zero-order chi connectivity index (χ0) is 11.4. The highest BCUT2D eigenvalue weighted by molar-refractivity contribution is 7.08. The van der Waals surface area contributed by atoms with Crippen molar-refractivity contribution < 1.29 is 9.84 Å². The van der Waals surface area contributed by atoms with Gasteiger partial charge in [0.2, 0.25) is 0 Å². The number of aromatic hydroxyl groups is 1. The fourth-order valence-electron chi connectivity index (χ4n) is 1.36. The lowest BCUT2D eigenvalue weighted by molar-refractivity contribution is 0.373. The Morgan fingerprint density at radius 2 is 2.00 bits per heavy atom. The van der Waals surface area contributed by atoms with E-state index in [1.165, 1.54) is 5.56 Å². The Labute approximate surface area is 98.4 Å². The Hall–Kier alpha value is -1.74. The lowest BCUT2D eigenvalue weighted by Crippen LogP contribution is -1.83. The predicted molar refractivity (Wildman–Crippen MR) is 67.9 cm³/mol. The van der Waals surface area contributed by atoms with Crippen LogP contribution in [0, 0.1) is 0 Å². The molecule has 2 rings (SSSR count). The molecule has 0 fully saturated rings. The van der Waals surface area contributed by atoms with Crippen LogP contribution in [0.1, 0.15) is 11.1 Å². The molecule has 0 aliphatic rings. The number of ether oxygens (including phenoxy) is 1. The predicted octanol–water partition coefficient (Wildman–Crippen LogP) is 3.63. The summed E-state index contributed by atoms with van der Waals surface area (Å²) >= 11 is 1.67. The second-order valence-corrected chi connectivity index (χ2v) is 4.10. The summed E-state index contributed by atoms with van der Waals surface area (Å²) in [6, 6.07) is 7.34. The minimum atomic E-state index is 0.162. The lowest BCUT2D eigenvalue weighted by Gasteiger charge is -2.03. The van der Waals surface area contributed by atoms with Gasteiger partial charge < -0.3 is 9.84 Å². The van der Waals surface area contributed by atoms with Gasteiger partial charge in [-0.3, -0.25) is 0 Å². The Kier molecular flexibility index (Phi) is 3.27. The van der Waals surface area contributed by atoms with Gasteiger partial charge in [-0.2, -0.15) is 11.3 Å². The quantitative estimate of drug-likeness (QED) is 0.875. The average Bonchev–Trinajstić information content (AvgIpc) is 2.81. The summed E-state index contributed by atoms with van der Waals surface area (Å²) in [6.45, 7) is 0. The Morgan fingerprint density at radius 3 is 2.69 bits per heavy atom. The summed E-state index contributed by atoms with van der Waals surface area (Å²) in [5.41, 5.74) is 2.18. The molecule has 0 saturated heterocycles. The number of benzene rings is 1. The van der Waals surface area contributed by atoms with Crippen LogP contribution in [0.15, 0.2) is 35.0 Å². The minimum Gasteiger partial charge on any atom is -0.504 e. The van der Waals surface area contributed by atoms with Crippen LogP contribution in [-0.2, 0) is 0 Å². The van der Waals surface area contributed by atoms with E-state index in [0.717, 1.165) is 5.56 Å². The molecule has 2 aromatic rings. The van der Waals surface area contributed by atoms with Crippen LogP contribution in [0.4, 0.5) is 0 Å². The highest BCUT2D eigenvalue weighted by Crippen LogP contribution is 2.27. The number of hydrogen-bond donors (Lipinski definition) is 1. The second kappa shape index (κ2) is 4.86. The van der Waals surface area contributed by atoms with Crippen LogP contribution < -0.4 is 4.74 Å². The van der Waals surface area contributed by atoms with E-state index in [0.29, 0.717) is 5.75 Å². The molecule has 0 bridgehead atoms. The Bertz CT molecular complexity index is 487. The molecule has 1 aromatic heterocycles. The molecule has 1 aromatic carbocycles. The lowest BCUT2D eigenvalue weighted by atomic mass is 10.1. The van der Waals surface area contributed by atoms with Gasteiger partial charge in [-0.05, 0) is 40.1 Å². The molecule has 0 aliphatic heterocycles. The molecular weight excluding hydrogens is 220 g/mol. The number of methoxy groups -OCH3 is 1. The average molecular weight is 232 g/mol. The number of phenols is 1. The maximum atomic E-state index is 9.44. The van der Waals surface area contributed by atoms with Crippen molar-refractivity contribution in [3.05, 3.63) is 46.2 Å². The number of phenolic OH excluding ortho intramolecular Hbond substituents is 1. The molecule has 82 valence electrons. The van der Waals surface area contributed by atoms with Gasteiger partial charge in [0.05, 0.1) is 7.11 Å². The third-order valence-electron chi connectivity index (χ3n) is 2.22. The second-order valence-electron chi connectivity index (χ2n) is 3.32. The van der Waals surface area contributed by atoms with E-state index in [1.54, 1.807) is 30.6 Å². The minimum absolute atomic E-state index is 0.162. The molecule has 0 amide bonds. The van der Waals surface area contributed by atoms with Crippen molar-refractivity contribution in [3.8, 4) is 11.5 Å². The zero-order valence-corrected chi connectivity index (χ0v) is 9.70. The van der Waals surface area contributed by atoms with Crippen molar-refractivity contribution in [3.63, 3.8) is 0 Å². The van der Waals surface area contributed by atoms with Crippen molar-refractivity contribution in [2.24, 2.45) is 0 Å². The van der Waals surface area contributed by atoms with Gasteiger partial charge in [-0.1, -0.05) is 18.2 Å². The van der Waals surface area contributed by atoms with Crippen LogP contribution in [-0.4, -0.2) is 12.2 Å². The van der Waals surface area contributed by atoms with Gasteiger partial charge in [0.15, 0.2) is 11.5 Å². The van der Waals surface area contributed by atoms with Crippen LogP contribution >= 0.6 is 11.3 Å². The topological polar surface area (TPSA) is 29.5 Å². The van der Waals surface area contributed by atoms with Gasteiger partial charge >= 0.3 is 0 Å². The van der Waals surface area contributed by atoms with Gasteiger partial charge in [0.25, 0.3) is 0 Å². The molecule has 2 nitrogen and oxygen atoms in total. The van der Waals surface area contributed by atoms with Crippen molar-refractivity contribution in [1.29, 1.82) is 0 Å². The largest absolute Gasteiger partial charge is 0.504 e. The molecule has 0 unspecified atom stereocenters. The van der Waals surface area contributed by atoms with Crippen molar-refractivity contribution in [2.75, 3.05) is 7.11 Å². The summed E-state index contributed by atoms with van der Waals surface area (Å²) in [7, 11) is 1.54. The molecule has 1 heterocycles. The van der Waals surface area contributed by atoms with E-state index in [1.807, 2.05) is 23.6 Å². The first-order chi connectivity index (χ1) is 7.79. The molecule has 1 N–H and O–H groups in total. The van der Waals surface area contributed by atoms with Gasteiger partial charge in [0.1, 0.15) is 0 Å². The fraction of sp³-hybridized carbons (Fsp3) is 0.0769. The van der Waals surface area contributed by atoms with Gasteiger partial charge in [-0.25, -0.2) is 0 Å². The normalized spacial score (nSPS) is 10.8. The highest BCUT2D eigenvalue weighted by atomic mass is 32.1. The Morgan fingerprint density at radius 1 is 1.19 bits per heavy atom. The van der Waals surface area contributed by atoms with Crippen molar-refractivity contribution in [1.82, 2.24) is 0 Å². The van der Waals surface area contributed by atoms with Crippen LogP contribution in [0.2, 0.25) is 0 Å². The highest BCUT2D eigenvalue weighted by Gasteiger charge is 2.00. The first-order valence-corrected chi connectivity index (χ1v) is 5.81. The first-order valence-electron chi connectivity index (χ1n) is 4.87. The van der Waals surface area contributed by atoms with Crippen LogP contribution in [0.3, 0.4) is 0 Å². The molecule has 0 radical (unpaired) electrons. The molecule has 16 heavy (non-hydrogen) atoms. The van der Waals surface area contributed by atoms with Crippen LogP contribution in [0.5, 0.6) is 11.5 Å². The first kappa shape index (κ1) is 10.8. The number of rotatable bonds is 3. The van der Waals surface area contributed by atoms with E-state index < -0.39 is 0 Å². The molecule has 0 aliphatic carbocycles. The molecule has 0 atom stereocenters. The van der Waals surface area contributed by atoms with Gasteiger partial charge in [0, 0.05) is 0 Å². The van der Waals surface area contributed by atoms with E-state index in [2.05, 4.69) is 11.4 Å². The molecule has 3 heteroatoms. The van der Waals surface area contributed by atoms with Crippen LogP contribution in [0.25, 0.3) is 12.2 Å². The van der Waals surface area contributed by atoms with E-state index in [9.17, 15) is 5.11 Å². The van der Waals surface area contributed by atoms with Crippen molar-refractivity contribution >= 4 is 23.5 Å². The standard InChI is InChI=1S/C13H12O2S/c1-15-13-8-10(4-5-12(13)14)2-3-11-6-7-16-9-11/h2-9,14H,1H3/b3-2+. The summed E-state index contributed by atoms with van der Waals surface area (Å²) in [5, 5.41) is 13.6. The molecule has 0 spiro atoms. The molecular formula is C13H12O2S. The Balaban J connectivity index is 2.22. The smallest absolute Gasteiger partial charge is 0.161 e.